The summed E-state index contributed by atoms with van der Waals surface area (Å²) >= 11 is 6.99. The highest BCUT2D eigenvalue weighted by Gasteiger charge is 2.29. The molecule has 0 aromatic heterocycles. The van der Waals surface area contributed by atoms with Crippen LogP contribution in [0.4, 0.5) is 0 Å². The molecule has 0 saturated carbocycles. The molecule has 2 aliphatic heterocycles. The Morgan fingerprint density at radius 1 is 1.36 bits per heavy atom. The molecule has 0 spiro atoms. The van der Waals surface area contributed by atoms with Crippen LogP contribution >= 0.6 is 24.0 Å². The van der Waals surface area contributed by atoms with Crippen LogP contribution in [0.1, 0.15) is 5.56 Å². The highest BCUT2D eigenvalue weighted by molar-refractivity contribution is 8.23. The van der Waals surface area contributed by atoms with Gasteiger partial charge in [0.25, 0.3) is 0 Å². The zero-order valence-corrected chi connectivity index (χ0v) is 9.07. The van der Waals surface area contributed by atoms with Crippen molar-refractivity contribution in [2.24, 2.45) is 4.99 Å². The van der Waals surface area contributed by atoms with Gasteiger partial charge < -0.3 is 4.90 Å². The molecule has 1 aromatic carbocycles. The summed E-state index contributed by atoms with van der Waals surface area (Å²) in [6.07, 6.45) is 0. The van der Waals surface area contributed by atoms with Crippen molar-refractivity contribution >= 4 is 34.1 Å². The van der Waals surface area contributed by atoms with Crippen LogP contribution in [0.5, 0.6) is 0 Å². The van der Waals surface area contributed by atoms with E-state index in [1.807, 2.05) is 12.1 Å². The van der Waals surface area contributed by atoms with Crippen LogP contribution < -0.4 is 0 Å². The van der Waals surface area contributed by atoms with Gasteiger partial charge in [0.15, 0.2) is 0 Å². The predicted molar refractivity (Wildman–Crippen MR) is 63.0 cm³/mol. The molecule has 0 amide bonds. The summed E-state index contributed by atoms with van der Waals surface area (Å²) in [6, 6.07) is 8.30. The summed E-state index contributed by atoms with van der Waals surface area (Å²) in [6.45, 7) is 1.81. The van der Waals surface area contributed by atoms with Gasteiger partial charge >= 0.3 is 0 Å². The Bertz CT molecular complexity index is 440. The van der Waals surface area contributed by atoms with Gasteiger partial charge in [-0.05, 0) is 6.07 Å². The second-order valence-electron chi connectivity index (χ2n) is 3.22. The van der Waals surface area contributed by atoms with Crippen molar-refractivity contribution in [1.82, 2.24) is 4.90 Å². The topological polar surface area (TPSA) is 15.6 Å². The summed E-state index contributed by atoms with van der Waals surface area (Å²) in [4.78, 5) is 7.85. The third-order valence-corrected chi connectivity index (χ3v) is 3.83. The van der Waals surface area contributed by atoms with E-state index in [0.717, 1.165) is 23.2 Å². The van der Waals surface area contributed by atoms with Crippen LogP contribution in [0.25, 0.3) is 0 Å². The van der Waals surface area contributed by atoms with E-state index in [-0.39, 0.29) is 0 Å². The molecular formula is C10H8N2S2. The maximum atomic E-state index is 5.33. The number of thioether (sulfide) groups is 1. The van der Waals surface area contributed by atoms with Gasteiger partial charge in [-0.2, -0.15) is 0 Å². The van der Waals surface area contributed by atoms with Crippen LogP contribution in [-0.2, 0) is 0 Å². The summed E-state index contributed by atoms with van der Waals surface area (Å²) in [5, 5.41) is 0. The van der Waals surface area contributed by atoms with Crippen molar-refractivity contribution in [3.8, 4) is 0 Å². The number of amidine groups is 1. The Hall–Kier alpha value is -0.870. The van der Waals surface area contributed by atoms with Crippen LogP contribution in [0, 0.1) is 0 Å². The lowest BCUT2D eigenvalue weighted by molar-refractivity contribution is 0.685. The van der Waals surface area contributed by atoms with E-state index in [9.17, 15) is 0 Å². The molecule has 0 fully saturated rings. The quantitative estimate of drug-likeness (QED) is 0.623. The fraction of sp³-hybridized carbons (Fsp3) is 0.200. The van der Waals surface area contributed by atoms with E-state index in [4.69, 9.17) is 12.2 Å². The minimum atomic E-state index is 0.865. The SMILES string of the molecule is S=C1Sc2ccccc2C2=NCCN12. The van der Waals surface area contributed by atoms with Crippen LogP contribution in [-0.4, -0.2) is 28.1 Å². The molecule has 70 valence electrons. The lowest BCUT2D eigenvalue weighted by atomic mass is 10.2. The second kappa shape index (κ2) is 3.07. The van der Waals surface area contributed by atoms with Crippen molar-refractivity contribution in [2.45, 2.75) is 4.90 Å². The minimum absolute atomic E-state index is 0.865. The molecule has 1 aromatic rings. The number of aliphatic imine (C=N–C) groups is 1. The molecule has 14 heavy (non-hydrogen) atoms. The largest absolute Gasteiger partial charge is 0.310 e. The zero-order valence-electron chi connectivity index (χ0n) is 7.43. The molecule has 3 rings (SSSR count). The molecule has 0 unspecified atom stereocenters. The fourth-order valence-electron chi connectivity index (χ4n) is 1.75. The van der Waals surface area contributed by atoms with Crippen LogP contribution in [0.15, 0.2) is 34.2 Å². The Labute approximate surface area is 92.0 Å². The standard InChI is InChI=1S/C10H8N2S2/c13-10-12-6-5-11-9(12)7-3-1-2-4-8(7)14-10/h1-4H,5-6H2. The molecule has 0 bridgehead atoms. The van der Waals surface area contributed by atoms with Crippen molar-refractivity contribution in [2.75, 3.05) is 13.1 Å². The molecule has 0 aliphatic carbocycles. The van der Waals surface area contributed by atoms with Crippen LogP contribution in [0.2, 0.25) is 0 Å². The van der Waals surface area contributed by atoms with E-state index in [2.05, 4.69) is 22.0 Å². The molecular weight excluding hydrogens is 212 g/mol. The van der Waals surface area contributed by atoms with Gasteiger partial charge in [-0.3, -0.25) is 4.99 Å². The number of hydrogen-bond donors (Lipinski definition) is 0. The van der Waals surface area contributed by atoms with Gasteiger partial charge in [-0.25, -0.2) is 0 Å². The second-order valence-corrected chi connectivity index (χ2v) is 4.90. The molecule has 2 heterocycles. The Morgan fingerprint density at radius 3 is 3.14 bits per heavy atom. The highest BCUT2D eigenvalue weighted by atomic mass is 32.2. The number of fused-ring (bicyclic) bond motifs is 3. The maximum absolute atomic E-state index is 5.33. The van der Waals surface area contributed by atoms with Gasteiger partial charge in [0.1, 0.15) is 10.2 Å². The average Bonchev–Trinajstić information content (AvgIpc) is 2.67. The van der Waals surface area contributed by atoms with Crippen LogP contribution in [0.3, 0.4) is 0 Å². The lowest BCUT2D eigenvalue weighted by Crippen LogP contribution is -2.34. The van der Waals surface area contributed by atoms with Gasteiger partial charge in [0.05, 0.1) is 6.54 Å². The van der Waals surface area contributed by atoms with Crippen molar-refractivity contribution < 1.29 is 0 Å². The molecule has 2 aliphatic rings. The third-order valence-electron chi connectivity index (χ3n) is 2.39. The summed E-state index contributed by atoms with van der Waals surface area (Å²) < 4.78 is 0.931. The van der Waals surface area contributed by atoms with E-state index >= 15 is 0 Å². The van der Waals surface area contributed by atoms with E-state index in [1.54, 1.807) is 11.8 Å². The predicted octanol–water partition coefficient (Wildman–Crippen LogP) is 2.14. The van der Waals surface area contributed by atoms with Crippen molar-refractivity contribution in [3.05, 3.63) is 29.8 Å². The number of thiocarbonyl (C=S) groups is 1. The first kappa shape index (κ1) is 8.44. The van der Waals surface area contributed by atoms with Gasteiger partial charge in [-0.1, -0.05) is 42.2 Å². The highest BCUT2D eigenvalue weighted by Crippen LogP contribution is 2.33. The van der Waals surface area contributed by atoms with Gasteiger partial charge in [0, 0.05) is 17.0 Å². The monoisotopic (exact) mass is 220 g/mol. The zero-order chi connectivity index (χ0) is 9.54. The average molecular weight is 220 g/mol. The fourth-order valence-corrected chi connectivity index (χ4v) is 3.08. The lowest BCUT2D eigenvalue weighted by Gasteiger charge is -2.26. The third kappa shape index (κ3) is 1.11. The van der Waals surface area contributed by atoms with Crippen molar-refractivity contribution in [1.29, 1.82) is 0 Å². The maximum Gasteiger partial charge on any atom is 0.146 e. The van der Waals surface area contributed by atoms with Crippen molar-refractivity contribution in [3.63, 3.8) is 0 Å². The first-order valence-electron chi connectivity index (χ1n) is 4.49. The first-order valence-corrected chi connectivity index (χ1v) is 5.72. The molecule has 0 saturated heterocycles. The van der Waals surface area contributed by atoms with E-state index < -0.39 is 0 Å². The molecule has 0 atom stereocenters. The first-order chi connectivity index (χ1) is 6.86. The molecule has 0 radical (unpaired) electrons. The number of hydrogen-bond acceptors (Lipinski definition) is 3. The molecule has 4 heteroatoms. The number of benzene rings is 1. The van der Waals surface area contributed by atoms with Gasteiger partial charge in [0.2, 0.25) is 0 Å². The summed E-state index contributed by atoms with van der Waals surface area (Å²) in [5.41, 5.74) is 1.23. The van der Waals surface area contributed by atoms with Gasteiger partial charge in [-0.15, -0.1) is 0 Å². The summed E-state index contributed by atoms with van der Waals surface area (Å²) in [7, 11) is 0. The summed E-state index contributed by atoms with van der Waals surface area (Å²) in [5.74, 6) is 1.06. The minimum Gasteiger partial charge on any atom is -0.310 e. The number of rotatable bonds is 0. The Balaban J connectivity index is 2.20. The smallest absolute Gasteiger partial charge is 0.146 e. The Morgan fingerprint density at radius 2 is 2.21 bits per heavy atom. The normalized spacial score (nSPS) is 19.0. The molecule has 0 N–H and O–H groups in total. The van der Waals surface area contributed by atoms with E-state index in [0.29, 0.717) is 0 Å². The molecule has 2 nitrogen and oxygen atoms in total. The van der Waals surface area contributed by atoms with E-state index in [1.165, 1.54) is 10.5 Å². The Kier molecular flexibility index (Phi) is 1.85. The number of nitrogens with zero attached hydrogens (tertiary/aromatic N) is 2.